The number of hydrogen-bond acceptors (Lipinski definition) is 2. The van der Waals surface area contributed by atoms with Crippen molar-refractivity contribution in [2.75, 3.05) is 18.0 Å². The van der Waals surface area contributed by atoms with Crippen LogP contribution in [0.25, 0.3) is 0 Å². The maximum Gasteiger partial charge on any atom is 0.322 e. The summed E-state index contributed by atoms with van der Waals surface area (Å²) < 4.78 is 24.0. The molecule has 1 fully saturated rings. The van der Waals surface area contributed by atoms with Crippen LogP contribution in [0.15, 0.2) is 24.3 Å². The number of hydrogen-bond donors (Lipinski definition) is 2. The molecule has 108 valence electrons. The summed E-state index contributed by atoms with van der Waals surface area (Å²) in [6, 6.07) is 5.26. The molecule has 20 heavy (non-hydrogen) atoms. The number of carbonyl (C=O) groups excluding carboxylic acids is 2. The highest BCUT2D eigenvalue weighted by Gasteiger charge is 2.34. The molecule has 5 nitrogen and oxygen atoms in total. The summed E-state index contributed by atoms with van der Waals surface area (Å²) in [5, 5.41) is 4.96. The highest BCUT2D eigenvalue weighted by Crippen LogP contribution is 2.22. The Kier molecular flexibility index (Phi) is 4.39. The van der Waals surface area contributed by atoms with Gasteiger partial charge in [0.05, 0.1) is 13.1 Å². The van der Waals surface area contributed by atoms with Gasteiger partial charge in [-0.1, -0.05) is 17.7 Å². The number of nitrogens with zero attached hydrogens (tertiary/aromatic N) is 1. The molecule has 1 unspecified atom stereocenters. The minimum Gasteiger partial charge on any atom is -0.349 e. The molecule has 0 radical (unpaired) electrons. The third kappa shape index (κ3) is 3.36. The van der Waals surface area contributed by atoms with Gasteiger partial charge >= 0.3 is 6.03 Å². The van der Waals surface area contributed by atoms with Gasteiger partial charge in [0.25, 0.3) is 6.43 Å². The van der Waals surface area contributed by atoms with Crippen LogP contribution in [0.5, 0.6) is 0 Å². The van der Waals surface area contributed by atoms with E-state index in [1.807, 2.05) is 0 Å². The molecule has 1 atom stereocenters. The number of urea groups is 1. The van der Waals surface area contributed by atoms with E-state index in [0.29, 0.717) is 10.7 Å². The zero-order chi connectivity index (χ0) is 14.7. The summed E-state index contributed by atoms with van der Waals surface area (Å²) in [6.45, 7) is -0.670. The molecule has 1 aliphatic heterocycles. The number of carbonyl (C=O) groups is 2. The highest BCUT2D eigenvalue weighted by molar-refractivity contribution is 6.30. The highest BCUT2D eigenvalue weighted by atomic mass is 35.5. The van der Waals surface area contributed by atoms with Gasteiger partial charge in [-0.2, -0.15) is 0 Å². The number of anilines is 1. The fraction of sp³-hybridized carbons (Fsp3) is 0.333. The average molecular weight is 304 g/mol. The van der Waals surface area contributed by atoms with E-state index in [0.717, 1.165) is 0 Å². The molecule has 1 aliphatic rings. The minimum absolute atomic E-state index is 0.0637. The maximum absolute atomic E-state index is 12.0. The summed E-state index contributed by atoms with van der Waals surface area (Å²) in [7, 11) is 0. The molecule has 8 heteroatoms. The Hall–Kier alpha value is -1.89. The Bertz CT molecular complexity index is 527. The molecule has 3 amide bonds. The molecule has 0 aromatic heterocycles. The van der Waals surface area contributed by atoms with Gasteiger partial charge in [-0.15, -0.1) is 0 Å². The van der Waals surface area contributed by atoms with Crippen LogP contribution in [-0.2, 0) is 4.79 Å². The number of alkyl halides is 2. The Morgan fingerprint density at radius 1 is 1.55 bits per heavy atom. The normalized spacial score (nSPS) is 18.3. The van der Waals surface area contributed by atoms with Gasteiger partial charge in [0.15, 0.2) is 0 Å². The Labute approximate surface area is 118 Å². The number of nitrogens with one attached hydrogen (secondary N) is 2. The van der Waals surface area contributed by atoms with Crippen LogP contribution < -0.4 is 15.5 Å². The standard InChI is InChI=1S/C12H12ClF2N3O2/c13-7-2-1-3-8(4-7)18-6-9(17-12(18)20)11(19)16-5-10(14)15/h1-4,9-10H,5-6H2,(H,16,19)(H,17,20). The molecule has 0 bridgehead atoms. The van der Waals surface area contributed by atoms with Crippen molar-refractivity contribution in [1.82, 2.24) is 10.6 Å². The Morgan fingerprint density at radius 3 is 2.95 bits per heavy atom. The second-order valence-corrected chi connectivity index (χ2v) is 4.67. The monoisotopic (exact) mass is 303 g/mol. The van der Waals surface area contributed by atoms with Gasteiger partial charge in [-0.25, -0.2) is 13.6 Å². The minimum atomic E-state index is -2.62. The average Bonchev–Trinajstić information content (AvgIpc) is 2.78. The first-order valence-electron chi connectivity index (χ1n) is 5.87. The number of benzene rings is 1. The van der Waals surface area contributed by atoms with Gasteiger partial charge in [-0.3, -0.25) is 9.69 Å². The molecule has 0 saturated carbocycles. The topological polar surface area (TPSA) is 61.4 Å². The van der Waals surface area contributed by atoms with Crippen LogP contribution in [0.1, 0.15) is 0 Å². The Balaban J connectivity index is 2.02. The molecule has 0 spiro atoms. The van der Waals surface area contributed by atoms with E-state index in [1.165, 1.54) is 4.90 Å². The summed E-state index contributed by atoms with van der Waals surface area (Å²) in [5.41, 5.74) is 0.541. The lowest BCUT2D eigenvalue weighted by Gasteiger charge is -2.14. The predicted octanol–water partition coefficient (Wildman–Crippen LogP) is 1.62. The van der Waals surface area contributed by atoms with Crippen molar-refractivity contribution in [2.45, 2.75) is 12.5 Å². The number of rotatable bonds is 4. The molecule has 2 rings (SSSR count). The van der Waals surface area contributed by atoms with Crippen molar-refractivity contribution in [3.63, 3.8) is 0 Å². The van der Waals surface area contributed by atoms with Gasteiger partial charge in [0.1, 0.15) is 6.04 Å². The van der Waals surface area contributed by atoms with E-state index in [-0.39, 0.29) is 6.54 Å². The molecular weight excluding hydrogens is 292 g/mol. The summed E-state index contributed by atoms with van der Waals surface area (Å²) >= 11 is 5.83. The smallest absolute Gasteiger partial charge is 0.322 e. The lowest BCUT2D eigenvalue weighted by atomic mass is 10.2. The van der Waals surface area contributed by atoms with Crippen molar-refractivity contribution < 1.29 is 18.4 Å². The first kappa shape index (κ1) is 14.5. The fourth-order valence-electron chi connectivity index (χ4n) is 1.85. The quantitative estimate of drug-likeness (QED) is 0.888. The van der Waals surface area contributed by atoms with Crippen molar-refractivity contribution >= 4 is 29.2 Å². The second-order valence-electron chi connectivity index (χ2n) is 4.23. The lowest BCUT2D eigenvalue weighted by Crippen LogP contribution is -2.44. The SMILES string of the molecule is O=C(NCC(F)F)C1CN(c2cccc(Cl)c2)C(=O)N1. The zero-order valence-electron chi connectivity index (χ0n) is 10.3. The van der Waals surface area contributed by atoms with E-state index in [9.17, 15) is 18.4 Å². The summed E-state index contributed by atoms with van der Waals surface area (Å²) in [5.74, 6) is -0.636. The lowest BCUT2D eigenvalue weighted by molar-refractivity contribution is -0.123. The van der Waals surface area contributed by atoms with Gasteiger partial charge in [0.2, 0.25) is 5.91 Å². The van der Waals surface area contributed by atoms with Crippen molar-refractivity contribution in [3.05, 3.63) is 29.3 Å². The molecule has 2 N–H and O–H groups in total. The first-order valence-corrected chi connectivity index (χ1v) is 6.24. The van der Waals surface area contributed by atoms with Crippen molar-refractivity contribution in [3.8, 4) is 0 Å². The van der Waals surface area contributed by atoms with E-state index >= 15 is 0 Å². The predicted molar refractivity (Wildman–Crippen MR) is 70.1 cm³/mol. The maximum atomic E-state index is 12.0. The number of halogens is 3. The van der Waals surface area contributed by atoms with E-state index in [4.69, 9.17) is 11.6 Å². The molecule has 1 aromatic rings. The van der Waals surface area contributed by atoms with Gasteiger partial charge in [0, 0.05) is 10.7 Å². The zero-order valence-corrected chi connectivity index (χ0v) is 11.0. The second kappa shape index (κ2) is 6.04. The summed E-state index contributed by atoms with van der Waals surface area (Å²) in [6.07, 6.45) is -2.62. The van der Waals surface area contributed by atoms with Crippen LogP contribution in [-0.4, -0.2) is 37.5 Å². The van der Waals surface area contributed by atoms with Crippen LogP contribution in [0.3, 0.4) is 0 Å². The molecule has 1 heterocycles. The van der Waals surface area contributed by atoms with Crippen LogP contribution in [0.2, 0.25) is 5.02 Å². The van der Waals surface area contributed by atoms with Crippen LogP contribution >= 0.6 is 11.6 Å². The van der Waals surface area contributed by atoms with E-state index in [1.54, 1.807) is 24.3 Å². The Morgan fingerprint density at radius 2 is 2.30 bits per heavy atom. The van der Waals surface area contributed by atoms with Crippen LogP contribution in [0, 0.1) is 0 Å². The molecule has 1 saturated heterocycles. The van der Waals surface area contributed by atoms with Crippen molar-refractivity contribution in [2.24, 2.45) is 0 Å². The molecule has 0 aliphatic carbocycles. The first-order chi connectivity index (χ1) is 9.47. The largest absolute Gasteiger partial charge is 0.349 e. The van der Waals surface area contributed by atoms with Crippen molar-refractivity contribution in [1.29, 1.82) is 0 Å². The van der Waals surface area contributed by atoms with Gasteiger partial charge < -0.3 is 10.6 Å². The van der Waals surface area contributed by atoms with Crippen LogP contribution in [0.4, 0.5) is 19.3 Å². The third-order valence-corrected chi connectivity index (χ3v) is 3.01. The van der Waals surface area contributed by atoms with E-state index in [2.05, 4.69) is 10.6 Å². The number of amides is 3. The van der Waals surface area contributed by atoms with Gasteiger partial charge in [-0.05, 0) is 18.2 Å². The molecule has 1 aromatic carbocycles. The summed E-state index contributed by atoms with van der Waals surface area (Å²) in [4.78, 5) is 24.7. The fourth-order valence-corrected chi connectivity index (χ4v) is 2.04. The van der Waals surface area contributed by atoms with E-state index < -0.39 is 31.0 Å². The molecular formula is C12H12ClF2N3O2. The third-order valence-electron chi connectivity index (χ3n) is 2.77.